The Bertz CT molecular complexity index is 1210. The van der Waals surface area contributed by atoms with Crippen LogP contribution in [0.25, 0.3) is 10.9 Å². The van der Waals surface area contributed by atoms with Crippen LogP contribution >= 0.6 is 23.4 Å². The molecule has 1 aromatic heterocycles. The first-order valence-electron chi connectivity index (χ1n) is 10.5. The normalized spacial score (nSPS) is 11.1. The molecule has 33 heavy (non-hydrogen) atoms. The van der Waals surface area contributed by atoms with E-state index in [2.05, 4.69) is 4.98 Å². The average molecular weight is 490 g/mol. The molecule has 3 aromatic rings. The van der Waals surface area contributed by atoms with Crippen LogP contribution in [0.1, 0.15) is 25.5 Å². The number of ether oxygens (including phenoxy) is 2. The quantitative estimate of drug-likeness (QED) is 0.327. The third-order valence-electron chi connectivity index (χ3n) is 5.28. The number of hydrogen-bond acceptors (Lipinski definition) is 6. The van der Waals surface area contributed by atoms with Crippen LogP contribution in [0.5, 0.6) is 11.5 Å². The molecule has 0 bridgehead atoms. The zero-order chi connectivity index (χ0) is 24.1. The van der Waals surface area contributed by atoms with Gasteiger partial charge in [-0.25, -0.2) is 4.98 Å². The molecule has 0 saturated carbocycles. The number of halogens is 1. The lowest BCUT2D eigenvalue weighted by molar-refractivity contribution is -0.127. The molecule has 0 aliphatic carbocycles. The van der Waals surface area contributed by atoms with Gasteiger partial charge in [-0.3, -0.25) is 14.2 Å². The summed E-state index contributed by atoms with van der Waals surface area (Å²) in [7, 11) is 4.96. The molecule has 176 valence electrons. The third kappa shape index (κ3) is 5.81. The standard InChI is InChI=1S/C24H28ClN3O4S/c1-15(2)28-23(30)18-8-7-17(25)13-19(18)26-24(28)33-14-22(29)27(3)11-10-16-6-9-20(31-4)21(12-16)32-5/h6-9,12-13,15H,10-11,14H2,1-5H3. The second-order valence-corrected chi connectivity index (χ2v) is 9.25. The highest BCUT2D eigenvalue weighted by Crippen LogP contribution is 2.28. The highest BCUT2D eigenvalue weighted by molar-refractivity contribution is 7.99. The predicted octanol–water partition coefficient (Wildman–Crippen LogP) is 4.44. The van der Waals surface area contributed by atoms with Gasteiger partial charge in [0.15, 0.2) is 16.7 Å². The Balaban J connectivity index is 1.70. The molecular formula is C24H28ClN3O4S. The molecule has 2 aromatic carbocycles. The number of hydrogen-bond donors (Lipinski definition) is 0. The molecule has 0 N–H and O–H groups in total. The van der Waals surface area contributed by atoms with Crippen molar-refractivity contribution in [2.24, 2.45) is 0 Å². The van der Waals surface area contributed by atoms with Crippen molar-refractivity contribution in [3.63, 3.8) is 0 Å². The minimum Gasteiger partial charge on any atom is -0.493 e. The summed E-state index contributed by atoms with van der Waals surface area (Å²) in [5.41, 5.74) is 1.44. The van der Waals surface area contributed by atoms with Gasteiger partial charge in [0.05, 0.1) is 30.9 Å². The lowest BCUT2D eigenvalue weighted by atomic mass is 10.1. The van der Waals surface area contributed by atoms with E-state index in [0.29, 0.717) is 45.5 Å². The SMILES string of the molecule is COc1ccc(CCN(C)C(=O)CSc2nc3cc(Cl)ccc3c(=O)n2C(C)C)cc1OC. The van der Waals surface area contributed by atoms with Crippen LogP contribution in [0.3, 0.4) is 0 Å². The van der Waals surface area contributed by atoms with Gasteiger partial charge in [0, 0.05) is 24.7 Å². The molecule has 0 radical (unpaired) electrons. The highest BCUT2D eigenvalue weighted by Gasteiger charge is 2.17. The van der Waals surface area contributed by atoms with E-state index in [4.69, 9.17) is 21.1 Å². The number of likely N-dealkylation sites (N-methyl/N-ethyl adjacent to an activating group) is 1. The van der Waals surface area contributed by atoms with Crippen molar-refractivity contribution in [1.82, 2.24) is 14.5 Å². The molecule has 0 saturated heterocycles. The molecule has 0 aliphatic heterocycles. The van der Waals surface area contributed by atoms with Crippen LogP contribution in [-0.2, 0) is 11.2 Å². The van der Waals surface area contributed by atoms with Crippen molar-refractivity contribution in [3.8, 4) is 11.5 Å². The fourth-order valence-electron chi connectivity index (χ4n) is 3.40. The summed E-state index contributed by atoms with van der Waals surface area (Å²) in [6.45, 7) is 4.39. The number of carbonyl (C=O) groups is 1. The van der Waals surface area contributed by atoms with Crippen molar-refractivity contribution < 1.29 is 14.3 Å². The number of carbonyl (C=O) groups excluding carboxylic acids is 1. The van der Waals surface area contributed by atoms with E-state index >= 15 is 0 Å². The van der Waals surface area contributed by atoms with Crippen LogP contribution < -0.4 is 15.0 Å². The Morgan fingerprint density at radius 3 is 2.55 bits per heavy atom. The lowest BCUT2D eigenvalue weighted by Gasteiger charge is -2.19. The molecule has 0 aliphatic rings. The Morgan fingerprint density at radius 1 is 1.15 bits per heavy atom. The number of rotatable bonds is 9. The van der Waals surface area contributed by atoms with Gasteiger partial charge in [-0.2, -0.15) is 0 Å². The Hall–Kier alpha value is -2.71. The van der Waals surface area contributed by atoms with E-state index in [1.807, 2.05) is 32.0 Å². The van der Waals surface area contributed by atoms with Crippen LogP contribution in [0, 0.1) is 0 Å². The van der Waals surface area contributed by atoms with Gasteiger partial charge < -0.3 is 14.4 Å². The molecule has 3 rings (SSSR count). The van der Waals surface area contributed by atoms with Crippen molar-refractivity contribution in [3.05, 3.63) is 57.3 Å². The first kappa shape index (κ1) is 24.9. The van der Waals surface area contributed by atoms with E-state index in [-0.39, 0.29) is 23.3 Å². The Labute approximate surface area is 202 Å². The van der Waals surface area contributed by atoms with E-state index in [1.54, 1.807) is 48.9 Å². The summed E-state index contributed by atoms with van der Waals surface area (Å²) in [5, 5.41) is 1.53. The van der Waals surface area contributed by atoms with Gasteiger partial charge in [-0.05, 0) is 56.2 Å². The molecule has 0 fully saturated rings. The van der Waals surface area contributed by atoms with Crippen molar-refractivity contribution >= 4 is 40.2 Å². The number of amides is 1. The lowest BCUT2D eigenvalue weighted by Crippen LogP contribution is -2.31. The van der Waals surface area contributed by atoms with Crippen LogP contribution in [0.15, 0.2) is 46.3 Å². The first-order valence-corrected chi connectivity index (χ1v) is 11.9. The predicted molar refractivity (Wildman–Crippen MR) is 133 cm³/mol. The smallest absolute Gasteiger partial charge is 0.262 e. The molecule has 9 heteroatoms. The monoisotopic (exact) mass is 489 g/mol. The van der Waals surface area contributed by atoms with Crippen molar-refractivity contribution in [2.45, 2.75) is 31.5 Å². The highest BCUT2D eigenvalue weighted by atomic mass is 35.5. The molecule has 1 heterocycles. The second-order valence-electron chi connectivity index (χ2n) is 7.87. The maximum Gasteiger partial charge on any atom is 0.262 e. The van der Waals surface area contributed by atoms with Crippen LogP contribution in [0.2, 0.25) is 5.02 Å². The van der Waals surface area contributed by atoms with Gasteiger partial charge >= 0.3 is 0 Å². The zero-order valence-electron chi connectivity index (χ0n) is 19.4. The summed E-state index contributed by atoms with van der Waals surface area (Å²) in [6.07, 6.45) is 0.677. The molecule has 0 atom stereocenters. The molecule has 0 unspecified atom stereocenters. The maximum absolute atomic E-state index is 13.0. The number of thioether (sulfide) groups is 1. The van der Waals surface area contributed by atoms with Crippen LogP contribution in [-0.4, -0.2) is 53.9 Å². The fourth-order valence-corrected chi connectivity index (χ4v) is 4.64. The molecule has 1 amide bonds. The fraction of sp³-hybridized carbons (Fsp3) is 0.375. The Kier molecular flexibility index (Phi) is 8.26. The van der Waals surface area contributed by atoms with Gasteiger partial charge in [0.2, 0.25) is 5.91 Å². The second kappa shape index (κ2) is 10.9. The van der Waals surface area contributed by atoms with Gasteiger partial charge in [-0.15, -0.1) is 0 Å². The zero-order valence-corrected chi connectivity index (χ0v) is 21.0. The minimum absolute atomic E-state index is 0.0452. The van der Waals surface area contributed by atoms with E-state index in [1.165, 1.54) is 11.8 Å². The van der Waals surface area contributed by atoms with E-state index < -0.39 is 0 Å². The first-order chi connectivity index (χ1) is 15.7. The topological polar surface area (TPSA) is 73.7 Å². The number of aromatic nitrogens is 2. The summed E-state index contributed by atoms with van der Waals surface area (Å²) in [5.74, 6) is 1.46. The average Bonchev–Trinajstić information content (AvgIpc) is 2.80. The summed E-state index contributed by atoms with van der Waals surface area (Å²) in [4.78, 5) is 32.1. The Morgan fingerprint density at radius 2 is 1.88 bits per heavy atom. The van der Waals surface area contributed by atoms with Gasteiger partial charge in [0.25, 0.3) is 5.56 Å². The van der Waals surface area contributed by atoms with Gasteiger partial charge in [-0.1, -0.05) is 29.4 Å². The summed E-state index contributed by atoms with van der Waals surface area (Å²) in [6, 6.07) is 10.7. The maximum atomic E-state index is 13.0. The largest absolute Gasteiger partial charge is 0.493 e. The van der Waals surface area contributed by atoms with E-state index in [0.717, 1.165) is 5.56 Å². The minimum atomic E-state index is -0.136. The molecule has 7 nitrogen and oxygen atoms in total. The summed E-state index contributed by atoms with van der Waals surface area (Å²) < 4.78 is 12.2. The molecular weight excluding hydrogens is 462 g/mol. The number of nitrogens with zero attached hydrogens (tertiary/aromatic N) is 3. The van der Waals surface area contributed by atoms with Crippen molar-refractivity contribution in [1.29, 1.82) is 0 Å². The van der Waals surface area contributed by atoms with Gasteiger partial charge in [0.1, 0.15) is 0 Å². The number of benzene rings is 2. The van der Waals surface area contributed by atoms with Crippen molar-refractivity contribution in [2.75, 3.05) is 33.6 Å². The third-order valence-corrected chi connectivity index (χ3v) is 6.45. The van der Waals surface area contributed by atoms with Crippen LogP contribution in [0.4, 0.5) is 0 Å². The number of fused-ring (bicyclic) bond motifs is 1. The number of methoxy groups -OCH3 is 2. The van der Waals surface area contributed by atoms with E-state index in [9.17, 15) is 9.59 Å². The molecule has 0 spiro atoms. The summed E-state index contributed by atoms with van der Waals surface area (Å²) >= 11 is 7.35.